The molecule has 732 valence electrons. The number of esters is 2. The highest BCUT2D eigenvalue weighted by Gasteiger charge is 2.47. The van der Waals surface area contributed by atoms with Crippen molar-refractivity contribution >= 4 is 126 Å². The van der Waals surface area contributed by atoms with Gasteiger partial charge < -0.3 is 72.5 Å². The van der Waals surface area contributed by atoms with Gasteiger partial charge in [-0.2, -0.15) is 0 Å². The Kier molecular flexibility index (Phi) is 42.3. The van der Waals surface area contributed by atoms with Crippen molar-refractivity contribution in [1.82, 2.24) is 0 Å². The monoisotopic (exact) mass is 1870 g/mol. The molecule has 6 atom stereocenters. The molecule has 0 aliphatic heterocycles. The maximum atomic E-state index is 13.7. The molecule has 12 N–H and O–H groups in total. The number of aliphatic carboxylic acids is 4. The fraction of sp³-hybridized carbons (Fsp3) is 0.436. The minimum absolute atomic E-state index is 0.166. The number of rotatable bonds is 42. The number of unbranched alkanes of at least 4 members (excludes halogenated alkanes) is 8. The van der Waals surface area contributed by atoms with Crippen LogP contribution in [0.25, 0.3) is 53.9 Å². The summed E-state index contributed by atoms with van der Waals surface area (Å²) in [6.45, 7) is 26.3. The minimum Gasteiger partial charge on any atom is -0.595 e. The molecule has 0 saturated heterocycles. The summed E-state index contributed by atoms with van der Waals surface area (Å²) in [6.07, 6.45) is 14.8. The molecule has 0 fully saturated rings. The highest BCUT2D eigenvalue weighted by atomic mass is 16.6. The summed E-state index contributed by atoms with van der Waals surface area (Å²) in [5.41, 5.74) is 19.6. The predicted octanol–water partition coefficient (Wildman–Crippen LogP) is 20.5. The molecule has 10 aromatic rings. The van der Waals surface area contributed by atoms with Gasteiger partial charge in [-0.15, -0.1) is 0 Å². The van der Waals surface area contributed by atoms with E-state index in [-0.39, 0.29) is 24.4 Å². The van der Waals surface area contributed by atoms with E-state index in [4.69, 9.17) is 41.9 Å². The summed E-state index contributed by atoms with van der Waals surface area (Å²) in [6, 6.07) is 53.4. The van der Waals surface area contributed by atoms with Gasteiger partial charge in [-0.25, -0.2) is 38.8 Å². The van der Waals surface area contributed by atoms with Crippen LogP contribution in [0.2, 0.25) is 0 Å². The van der Waals surface area contributed by atoms with Crippen molar-refractivity contribution in [3.8, 4) is 0 Å². The second kappa shape index (κ2) is 51.4. The summed E-state index contributed by atoms with van der Waals surface area (Å²) in [4.78, 5) is 131. The number of nitrogens with two attached hydrogens (primary N) is 4. The summed E-state index contributed by atoms with van der Waals surface area (Å²) >= 11 is 0. The van der Waals surface area contributed by atoms with Crippen molar-refractivity contribution in [2.24, 2.45) is 32.9 Å². The van der Waals surface area contributed by atoms with Crippen molar-refractivity contribution in [1.29, 1.82) is 0 Å². The molecule has 136 heavy (non-hydrogen) atoms. The maximum absolute atomic E-state index is 13.7. The van der Waals surface area contributed by atoms with Gasteiger partial charge in [0.05, 0.1) is 14.2 Å². The molecule has 0 radical (unpaired) electrons. The highest BCUT2D eigenvalue weighted by molar-refractivity contribution is 6.15. The third-order valence-corrected chi connectivity index (χ3v) is 24.3. The number of carbonyl (C=O) groups is 10. The van der Waals surface area contributed by atoms with Gasteiger partial charge in [0.2, 0.25) is 0 Å². The van der Waals surface area contributed by atoms with Crippen molar-refractivity contribution in [3.63, 3.8) is 0 Å². The fourth-order valence-electron chi connectivity index (χ4n) is 16.9. The SMILES string of the molecule is CCCCC(=O)c1cccc2c(C(=O)CCCC)cccc12.CCCCC(N)(C(=O)O)c1cccc2c(C(N)(CCCC)C(=O)O)cccc12.CCCCC(N)(C(=O)O)c1cccc2c(C(N)(CCCC)C(=O)O)cccc12.CCCCC(N=C([O-])OC(C)(C)C)(C(=O)OC)c1cccc2c(C(CCCC)(N=C([O-])OC(C)(C)C)C(=O)OC)cccc12.O=Cc1cccc2c(C=O)cccc12. The standard InChI is InChI=1S/C34H50N2O8.2C22H30N2O4.C20H24O2.C12H8O2/c1-11-13-21-33(27(37)41-9,35-29(39)43-31(3,4)5)25-19-15-18-24-23(25)17-16-20-26(24)34(22-14-12-2,28(38)42-10)36-30(40)44-32(6,7)8;2*1-3-5-13-21(23,19(25)26)17-11-7-10-16-15(17)9-8-12-18(16)22(24,20(27)28)14-6-4-2;1-3-5-13-19(21)17-11-7-10-16-15(17)9-8-12-18(16)20(22)14-6-4-2;13-7-9-3-1-5-11-10(8-14)4-2-6-12(9)11/h15-20H,11-14,21-22H2,1-10H3,(H,35,39)(H,36,40);2*7-12H,3-6,13-14,23-24H2,1-2H3,(H,25,26)(H,27,28);7-12H,3-6,13-14H2,1-2H3;1-8H/p-2. The Morgan fingerprint density at radius 1 is 0.309 bits per heavy atom. The molecule has 10 rings (SSSR count). The van der Waals surface area contributed by atoms with Gasteiger partial charge in [0.15, 0.2) is 35.2 Å². The van der Waals surface area contributed by atoms with Crippen molar-refractivity contribution in [2.45, 2.75) is 295 Å². The lowest BCUT2D eigenvalue weighted by Gasteiger charge is -2.35. The Hall–Kier alpha value is -12.6. The van der Waals surface area contributed by atoms with E-state index in [0.29, 0.717) is 154 Å². The van der Waals surface area contributed by atoms with E-state index in [1.807, 2.05) is 90.1 Å². The lowest BCUT2D eigenvalue weighted by Crippen LogP contribution is -2.46. The first-order valence-corrected chi connectivity index (χ1v) is 47.3. The number of hydrogen-bond acceptors (Lipinski definition) is 22. The molecule has 0 aromatic heterocycles. The van der Waals surface area contributed by atoms with Crippen LogP contribution >= 0.6 is 0 Å². The summed E-state index contributed by atoms with van der Waals surface area (Å²) in [5, 5.41) is 72.8. The second-order valence-corrected chi connectivity index (χ2v) is 36.5. The van der Waals surface area contributed by atoms with Crippen molar-refractivity contribution in [2.75, 3.05) is 14.2 Å². The smallest absolute Gasteiger partial charge is 0.338 e. The van der Waals surface area contributed by atoms with Crippen LogP contribution in [-0.4, -0.2) is 118 Å². The molecule has 0 bridgehead atoms. The molecule has 10 aromatic carbocycles. The average Bonchev–Trinajstić information content (AvgIpc) is 0.723. The maximum Gasteiger partial charge on any atom is 0.338 e. The number of carbonyl (C=O) groups excluding carboxylic acids is 6. The van der Waals surface area contributed by atoms with Gasteiger partial charge >= 0.3 is 35.8 Å². The number of Topliss-reactive ketones (excluding diaryl/α,β-unsaturated/α-hetero) is 2. The molecular weight excluding hydrogens is 1730 g/mol. The number of hydrogen-bond donors (Lipinski definition) is 8. The first kappa shape index (κ1) is 112. The van der Waals surface area contributed by atoms with Gasteiger partial charge in [0.25, 0.3) is 0 Å². The first-order chi connectivity index (χ1) is 64.5. The highest BCUT2D eigenvalue weighted by Crippen LogP contribution is 2.45. The van der Waals surface area contributed by atoms with E-state index in [1.54, 1.807) is 175 Å². The number of benzene rings is 10. The molecular formula is C110H140N6O20-2. The number of fused-ring (bicyclic) bond motifs is 5. The zero-order valence-electron chi connectivity index (χ0n) is 82.0. The van der Waals surface area contributed by atoms with Crippen molar-refractivity contribution in [3.05, 3.63) is 238 Å². The molecule has 0 aliphatic carbocycles. The molecule has 0 spiro atoms. The van der Waals surface area contributed by atoms with E-state index in [0.717, 1.165) is 109 Å². The van der Waals surface area contributed by atoms with Crippen LogP contribution in [0.3, 0.4) is 0 Å². The number of aliphatic imine (C=N–C) groups is 2. The summed E-state index contributed by atoms with van der Waals surface area (Å²) < 4.78 is 21.5. The molecule has 26 heteroatoms. The molecule has 6 unspecified atom stereocenters. The van der Waals surface area contributed by atoms with Crippen LogP contribution in [0.5, 0.6) is 0 Å². The van der Waals surface area contributed by atoms with Gasteiger partial charge in [-0.05, 0) is 139 Å². The number of carboxylic acid groups (broad SMARTS) is 4. The third-order valence-electron chi connectivity index (χ3n) is 24.3. The Bertz CT molecular complexity index is 5380. The average molecular weight is 1870 g/mol. The number of aldehydes is 2. The predicted molar refractivity (Wildman–Crippen MR) is 533 cm³/mol. The Morgan fingerprint density at radius 2 is 0.522 bits per heavy atom. The van der Waals surface area contributed by atoms with Crippen LogP contribution < -0.4 is 33.1 Å². The molecule has 0 aliphatic rings. The number of carboxylic acids is 4. The lowest BCUT2D eigenvalue weighted by molar-refractivity contribution is -0.262. The van der Waals surface area contributed by atoms with Crippen LogP contribution in [0.15, 0.2) is 192 Å². The van der Waals surface area contributed by atoms with E-state index in [9.17, 15) is 78.6 Å². The summed E-state index contributed by atoms with van der Waals surface area (Å²) in [7, 11) is 2.49. The van der Waals surface area contributed by atoms with E-state index in [1.165, 1.54) is 14.2 Å². The Labute approximate surface area is 799 Å². The first-order valence-electron chi connectivity index (χ1n) is 47.3. The van der Waals surface area contributed by atoms with Crippen LogP contribution in [0.4, 0.5) is 0 Å². The van der Waals surface area contributed by atoms with Gasteiger partial charge in [-0.1, -0.05) is 369 Å². The van der Waals surface area contributed by atoms with Gasteiger partial charge in [0, 0.05) is 46.3 Å². The zero-order chi connectivity index (χ0) is 101. The fourth-order valence-corrected chi connectivity index (χ4v) is 16.9. The normalized spacial score (nSPS) is 14.3. The number of nitrogens with zero attached hydrogens (tertiary/aromatic N) is 2. The molecule has 26 nitrogen and oxygen atoms in total. The topological polar surface area (TPSA) is 463 Å². The van der Waals surface area contributed by atoms with Crippen LogP contribution in [0, 0.1) is 0 Å². The largest absolute Gasteiger partial charge is 0.595 e. The lowest BCUT2D eigenvalue weighted by atomic mass is 9.78. The van der Waals surface area contributed by atoms with Gasteiger partial charge in [-0.3, -0.25) is 19.2 Å². The minimum atomic E-state index is -1.75. The second-order valence-electron chi connectivity index (χ2n) is 36.5. The summed E-state index contributed by atoms with van der Waals surface area (Å²) in [5.74, 6) is -5.48. The Morgan fingerprint density at radius 3 is 0.750 bits per heavy atom. The quantitative estimate of drug-likeness (QED) is 0.00579. The third kappa shape index (κ3) is 27.4. The van der Waals surface area contributed by atoms with E-state index < -0.39 is 92.4 Å². The number of methoxy groups -OCH3 is 2. The number of ketones is 2. The molecule has 0 amide bonds. The van der Waals surface area contributed by atoms with Crippen LogP contribution in [-0.2, 0) is 80.9 Å². The number of ether oxygens (including phenoxy) is 4. The zero-order valence-corrected chi connectivity index (χ0v) is 82.0. The molecule has 0 heterocycles. The van der Waals surface area contributed by atoms with Crippen molar-refractivity contribution < 1.29 is 97.5 Å². The molecule has 0 saturated carbocycles. The van der Waals surface area contributed by atoms with Crippen LogP contribution in [0.1, 0.15) is 326 Å². The van der Waals surface area contributed by atoms with E-state index >= 15 is 0 Å². The van der Waals surface area contributed by atoms with E-state index in [2.05, 4.69) is 23.8 Å². The Balaban J connectivity index is 0.000000272. The van der Waals surface area contributed by atoms with Gasteiger partial charge in [0.1, 0.15) is 34.3 Å².